The predicted molar refractivity (Wildman–Crippen MR) is 127 cm³/mol. The van der Waals surface area contributed by atoms with Gasteiger partial charge in [-0.25, -0.2) is 9.78 Å². The van der Waals surface area contributed by atoms with Crippen molar-refractivity contribution in [3.63, 3.8) is 0 Å². The fourth-order valence-electron chi connectivity index (χ4n) is 4.18. The fourth-order valence-corrected chi connectivity index (χ4v) is 4.18. The summed E-state index contributed by atoms with van der Waals surface area (Å²) in [6.45, 7) is 13.6. The van der Waals surface area contributed by atoms with Gasteiger partial charge in [-0.3, -0.25) is 14.6 Å². The van der Waals surface area contributed by atoms with E-state index in [1.54, 1.807) is 18.2 Å². The van der Waals surface area contributed by atoms with Crippen LogP contribution in [0.3, 0.4) is 0 Å². The van der Waals surface area contributed by atoms with E-state index < -0.39 is 0 Å². The molecule has 2 atom stereocenters. The Bertz CT molecular complexity index is 1050. The van der Waals surface area contributed by atoms with Gasteiger partial charge in [0.05, 0.1) is 30.8 Å². The molecule has 0 spiro atoms. The Morgan fingerprint density at radius 3 is 2.76 bits per heavy atom. The number of urea groups is 1. The summed E-state index contributed by atoms with van der Waals surface area (Å²) in [6, 6.07) is -0.316. The molecular formula is C22H32N10O2. The molecule has 0 aromatic carbocycles. The zero-order valence-electron chi connectivity index (χ0n) is 19.9. The second kappa shape index (κ2) is 10.2. The first-order valence-electron chi connectivity index (χ1n) is 11.6. The zero-order chi connectivity index (χ0) is 24.2. The molecule has 3 amide bonds. The van der Waals surface area contributed by atoms with Crippen LogP contribution in [-0.2, 0) is 11.5 Å². The number of nitrogens with zero attached hydrogens (tertiary/aromatic N) is 8. The monoisotopic (exact) mass is 468 g/mol. The Morgan fingerprint density at radius 1 is 1.29 bits per heavy atom. The maximum Gasteiger partial charge on any atom is 0.324 e. The first kappa shape index (κ1) is 23.6. The van der Waals surface area contributed by atoms with Crippen LogP contribution in [0, 0.1) is 6.92 Å². The van der Waals surface area contributed by atoms with Gasteiger partial charge in [-0.15, -0.1) is 0 Å². The molecule has 4 rings (SSSR count). The van der Waals surface area contributed by atoms with Crippen molar-refractivity contribution in [2.24, 2.45) is 0 Å². The minimum Gasteiger partial charge on any atom is -0.346 e. The van der Waals surface area contributed by atoms with Crippen LogP contribution < -0.4 is 15.5 Å². The molecule has 0 aliphatic carbocycles. The number of piperazine rings is 1. The second-order valence-electron chi connectivity index (χ2n) is 8.59. The van der Waals surface area contributed by atoms with Crippen LogP contribution in [-0.4, -0.2) is 85.0 Å². The van der Waals surface area contributed by atoms with Crippen molar-refractivity contribution in [2.75, 3.05) is 42.9 Å². The van der Waals surface area contributed by atoms with Crippen molar-refractivity contribution >= 4 is 23.8 Å². The summed E-state index contributed by atoms with van der Waals surface area (Å²) in [5.41, 5.74) is 0.852. The SMILES string of the molecule is C=CC(=O)N1CCN(Cn2cnc([C@H](C)Nc3nc(C)nc(N4C(=O)NC[C@@H]4CC)n3)c2)CC1. The summed E-state index contributed by atoms with van der Waals surface area (Å²) in [5, 5.41) is 6.14. The Morgan fingerprint density at radius 2 is 2.06 bits per heavy atom. The lowest BCUT2D eigenvalue weighted by molar-refractivity contribution is -0.127. The van der Waals surface area contributed by atoms with Gasteiger partial charge in [0.25, 0.3) is 0 Å². The molecule has 34 heavy (non-hydrogen) atoms. The molecular weight excluding hydrogens is 436 g/mol. The van der Waals surface area contributed by atoms with E-state index in [0.717, 1.165) is 25.2 Å². The summed E-state index contributed by atoms with van der Waals surface area (Å²) in [4.78, 5) is 47.6. The highest BCUT2D eigenvalue weighted by Gasteiger charge is 2.33. The molecule has 0 bridgehead atoms. The van der Waals surface area contributed by atoms with Crippen LogP contribution in [0.15, 0.2) is 25.2 Å². The van der Waals surface area contributed by atoms with Gasteiger partial charge in [-0.05, 0) is 26.3 Å². The molecule has 2 aromatic heterocycles. The molecule has 4 heterocycles. The maximum atomic E-state index is 12.3. The third-order valence-electron chi connectivity index (χ3n) is 6.16. The van der Waals surface area contributed by atoms with Gasteiger partial charge in [0, 0.05) is 38.9 Å². The number of imidazole rings is 1. The molecule has 12 nitrogen and oxygen atoms in total. The number of carbonyl (C=O) groups is 2. The predicted octanol–water partition coefficient (Wildman–Crippen LogP) is 1.15. The molecule has 0 unspecified atom stereocenters. The van der Waals surface area contributed by atoms with Gasteiger partial charge in [-0.2, -0.15) is 15.0 Å². The lowest BCUT2D eigenvalue weighted by Gasteiger charge is -2.34. The number of hydrogen-bond acceptors (Lipinski definition) is 8. The first-order chi connectivity index (χ1) is 16.4. The van der Waals surface area contributed by atoms with E-state index in [4.69, 9.17) is 0 Å². The topological polar surface area (TPSA) is 124 Å². The van der Waals surface area contributed by atoms with Crippen molar-refractivity contribution in [3.8, 4) is 0 Å². The standard InChI is InChI=1S/C22H32N10O2/c1-5-17-11-23-22(34)32(17)21-27-16(4)26-20(28-21)25-15(3)18-12-30(13-24-18)14-29-7-9-31(10-8-29)19(33)6-2/h6,12-13,15,17H,2,5,7-11,14H2,1,3-4H3,(H,23,34)(H,25,26,27,28)/t15-,17-/m0/s1. The Balaban J connectivity index is 1.38. The average molecular weight is 469 g/mol. The van der Waals surface area contributed by atoms with Crippen LogP contribution >= 0.6 is 0 Å². The number of nitrogens with one attached hydrogen (secondary N) is 2. The van der Waals surface area contributed by atoms with E-state index in [9.17, 15) is 9.59 Å². The number of hydrogen-bond donors (Lipinski definition) is 2. The minimum absolute atomic E-state index is 0.0169. The number of carbonyl (C=O) groups excluding carboxylic acids is 2. The van der Waals surface area contributed by atoms with Gasteiger partial charge in [0.2, 0.25) is 17.8 Å². The maximum absolute atomic E-state index is 12.3. The number of aryl methyl sites for hydroxylation is 1. The lowest BCUT2D eigenvalue weighted by atomic mass is 10.2. The Hall–Kier alpha value is -3.54. The molecule has 2 N–H and O–H groups in total. The third kappa shape index (κ3) is 5.16. The normalized spacial score (nSPS) is 19.7. The number of amides is 3. The molecule has 12 heteroatoms. The van der Waals surface area contributed by atoms with E-state index in [1.165, 1.54) is 6.08 Å². The first-order valence-corrected chi connectivity index (χ1v) is 11.6. The Kier molecular flexibility index (Phi) is 7.06. The van der Waals surface area contributed by atoms with Crippen LogP contribution in [0.1, 0.15) is 37.8 Å². The lowest BCUT2D eigenvalue weighted by Crippen LogP contribution is -2.48. The van der Waals surface area contributed by atoms with Gasteiger partial charge >= 0.3 is 6.03 Å². The van der Waals surface area contributed by atoms with Crippen LogP contribution in [0.2, 0.25) is 0 Å². The van der Waals surface area contributed by atoms with Crippen molar-refractivity contribution in [2.45, 2.75) is 45.9 Å². The van der Waals surface area contributed by atoms with Gasteiger partial charge < -0.3 is 20.1 Å². The Labute approximate surface area is 199 Å². The van der Waals surface area contributed by atoms with Gasteiger partial charge in [0.15, 0.2) is 0 Å². The van der Waals surface area contributed by atoms with Crippen molar-refractivity contribution in [1.29, 1.82) is 0 Å². The van der Waals surface area contributed by atoms with Gasteiger partial charge in [-0.1, -0.05) is 13.5 Å². The molecule has 0 saturated carbocycles. The summed E-state index contributed by atoms with van der Waals surface area (Å²) >= 11 is 0. The smallest absolute Gasteiger partial charge is 0.324 e. The summed E-state index contributed by atoms with van der Waals surface area (Å²) in [7, 11) is 0. The second-order valence-corrected chi connectivity index (χ2v) is 8.59. The van der Waals surface area contributed by atoms with Gasteiger partial charge in [0.1, 0.15) is 5.82 Å². The van der Waals surface area contributed by atoms with E-state index in [0.29, 0.717) is 44.0 Å². The summed E-state index contributed by atoms with van der Waals surface area (Å²) < 4.78 is 2.03. The van der Waals surface area contributed by atoms with Crippen LogP contribution in [0.4, 0.5) is 16.7 Å². The van der Waals surface area contributed by atoms with Crippen molar-refractivity contribution in [1.82, 2.24) is 39.6 Å². The van der Waals surface area contributed by atoms with E-state index >= 15 is 0 Å². The zero-order valence-corrected chi connectivity index (χ0v) is 19.9. The van der Waals surface area contributed by atoms with E-state index in [-0.39, 0.29) is 24.0 Å². The number of anilines is 2. The molecule has 2 fully saturated rings. The van der Waals surface area contributed by atoms with E-state index in [2.05, 4.69) is 42.0 Å². The highest BCUT2D eigenvalue weighted by Crippen LogP contribution is 2.21. The molecule has 0 radical (unpaired) electrons. The van der Waals surface area contributed by atoms with E-state index in [1.807, 2.05) is 29.5 Å². The molecule has 2 saturated heterocycles. The highest BCUT2D eigenvalue weighted by molar-refractivity contribution is 5.93. The van der Waals surface area contributed by atoms with Crippen molar-refractivity contribution < 1.29 is 9.59 Å². The fraction of sp³-hybridized carbons (Fsp3) is 0.545. The average Bonchev–Trinajstić information content (AvgIpc) is 3.45. The van der Waals surface area contributed by atoms with Crippen LogP contribution in [0.25, 0.3) is 0 Å². The third-order valence-corrected chi connectivity index (χ3v) is 6.16. The highest BCUT2D eigenvalue weighted by atomic mass is 16.2. The largest absolute Gasteiger partial charge is 0.346 e. The van der Waals surface area contributed by atoms with Crippen molar-refractivity contribution in [3.05, 3.63) is 36.7 Å². The molecule has 2 aliphatic heterocycles. The summed E-state index contributed by atoms with van der Waals surface area (Å²) in [6.07, 6.45) is 5.97. The van der Waals surface area contributed by atoms with Crippen LogP contribution in [0.5, 0.6) is 0 Å². The minimum atomic E-state index is -0.190. The number of rotatable bonds is 8. The summed E-state index contributed by atoms with van der Waals surface area (Å²) in [5.74, 6) is 1.27. The molecule has 182 valence electrons. The number of aromatic nitrogens is 5. The quantitative estimate of drug-likeness (QED) is 0.553. The molecule has 2 aromatic rings. The molecule has 2 aliphatic rings.